The first-order valence-electron chi connectivity index (χ1n) is 5.72. The lowest BCUT2D eigenvalue weighted by molar-refractivity contribution is 1.03. The molecule has 0 fully saturated rings. The van der Waals surface area contributed by atoms with E-state index in [1.807, 2.05) is 18.2 Å². The maximum absolute atomic E-state index is 4.38. The van der Waals surface area contributed by atoms with Gasteiger partial charge in [0, 0.05) is 5.69 Å². The number of nitrogens with zero attached hydrogens (tertiary/aromatic N) is 1. The third kappa shape index (κ3) is 3.56. The molecule has 1 aromatic heterocycles. The molecule has 0 radical (unpaired) electrons. The highest BCUT2D eigenvalue weighted by molar-refractivity contribution is 9.10. The van der Waals surface area contributed by atoms with Crippen molar-refractivity contribution in [2.24, 2.45) is 0 Å². The average molecular weight is 291 g/mol. The van der Waals surface area contributed by atoms with Gasteiger partial charge in [0.05, 0.1) is 12.2 Å². The number of hydrogen-bond donors (Lipinski definition) is 1. The molecule has 3 heteroatoms. The summed E-state index contributed by atoms with van der Waals surface area (Å²) in [4.78, 5) is 4.38. The Morgan fingerprint density at radius 3 is 2.76 bits per heavy atom. The van der Waals surface area contributed by atoms with Crippen LogP contribution in [0.3, 0.4) is 0 Å². The SMILES string of the molecule is CCc1cccc(NCc2cccc(Br)n2)c1. The number of halogens is 1. The van der Waals surface area contributed by atoms with Crippen molar-refractivity contribution >= 4 is 21.6 Å². The fraction of sp³-hybridized carbons (Fsp3) is 0.214. The summed E-state index contributed by atoms with van der Waals surface area (Å²) in [5.74, 6) is 0. The quantitative estimate of drug-likeness (QED) is 0.861. The number of pyridine rings is 1. The molecule has 1 N–H and O–H groups in total. The zero-order valence-electron chi connectivity index (χ0n) is 9.78. The highest BCUT2D eigenvalue weighted by atomic mass is 79.9. The van der Waals surface area contributed by atoms with Gasteiger partial charge >= 0.3 is 0 Å². The number of anilines is 1. The van der Waals surface area contributed by atoms with Gasteiger partial charge in [-0.25, -0.2) is 4.98 Å². The van der Waals surface area contributed by atoms with Gasteiger partial charge in [-0.2, -0.15) is 0 Å². The third-order valence-corrected chi connectivity index (χ3v) is 3.02. The Hall–Kier alpha value is -1.35. The van der Waals surface area contributed by atoms with Crippen molar-refractivity contribution in [3.05, 3.63) is 58.3 Å². The molecule has 0 atom stereocenters. The van der Waals surface area contributed by atoms with E-state index in [-0.39, 0.29) is 0 Å². The molecular weight excluding hydrogens is 276 g/mol. The standard InChI is InChI=1S/C14H15BrN2/c1-2-11-5-3-6-12(9-11)16-10-13-7-4-8-14(15)17-13/h3-9,16H,2,10H2,1H3. The van der Waals surface area contributed by atoms with Crippen LogP contribution in [-0.4, -0.2) is 4.98 Å². The number of benzene rings is 1. The summed E-state index contributed by atoms with van der Waals surface area (Å²) < 4.78 is 0.874. The van der Waals surface area contributed by atoms with Crippen LogP contribution < -0.4 is 5.32 Å². The lowest BCUT2D eigenvalue weighted by Gasteiger charge is -2.07. The Labute approximate surface area is 110 Å². The van der Waals surface area contributed by atoms with Crippen molar-refractivity contribution in [3.63, 3.8) is 0 Å². The summed E-state index contributed by atoms with van der Waals surface area (Å²) in [7, 11) is 0. The van der Waals surface area contributed by atoms with E-state index in [0.29, 0.717) is 0 Å². The van der Waals surface area contributed by atoms with E-state index in [1.54, 1.807) is 0 Å². The molecule has 1 heterocycles. The van der Waals surface area contributed by atoms with Crippen LogP contribution in [0.15, 0.2) is 47.1 Å². The number of rotatable bonds is 4. The summed E-state index contributed by atoms with van der Waals surface area (Å²) in [5.41, 5.74) is 3.52. The molecule has 0 spiro atoms. The van der Waals surface area contributed by atoms with E-state index < -0.39 is 0 Å². The van der Waals surface area contributed by atoms with Gasteiger partial charge in [0.25, 0.3) is 0 Å². The van der Waals surface area contributed by atoms with E-state index >= 15 is 0 Å². The molecular formula is C14H15BrN2. The lowest BCUT2D eigenvalue weighted by Crippen LogP contribution is -2.01. The molecule has 0 unspecified atom stereocenters. The molecule has 2 nitrogen and oxygen atoms in total. The van der Waals surface area contributed by atoms with E-state index in [0.717, 1.165) is 29.0 Å². The van der Waals surface area contributed by atoms with Gasteiger partial charge in [-0.05, 0) is 52.2 Å². The van der Waals surface area contributed by atoms with Crippen molar-refractivity contribution < 1.29 is 0 Å². The van der Waals surface area contributed by atoms with E-state index in [2.05, 4.69) is 57.4 Å². The summed E-state index contributed by atoms with van der Waals surface area (Å²) in [5, 5.41) is 3.38. The Balaban J connectivity index is 2.02. The molecule has 0 bridgehead atoms. The molecule has 0 saturated carbocycles. The van der Waals surface area contributed by atoms with Crippen LogP contribution in [0.1, 0.15) is 18.2 Å². The second-order valence-electron chi connectivity index (χ2n) is 3.86. The average Bonchev–Trinajstić information content (AvgIpc) is 2.37. The van der Waals surface area contributed by atoms with Crippen LogP contribution >= 0.6 is 15.9 Å². The fourth-order valence-electron chi connectivity index (χ4n) is 1.64. The maximum atomic E-state index is 4.38. The Morgan fingerprint density at radius 2 is 2.00 bits per heavy atom. The minimum Gasteiger partial charge on any atom is -0.379 e. The minimum absolute atomic E-state index is 0.743. The molecule has 2 aromatic rings. The summed E-state index contributed by atoms with van der Waals surface area (Å²) in [6.07, 6.45) is 1.06. The molecule has 0 aliphatic carbocycles. The molecule has 17 heavy (non-hydrogen) atoms. The minimum atomic E-state index is 0.743. The van der Waals surface area contributed by atoms with E-state index in [4.69, 9.17) is 0 Å². The normalized spacial score (nSPS) is 10.2. The maximum Gasteiger partial charge on any atom is 0.106 e. The molecule has 0 aliphatic rings. The second kappa shape index (κ2) is 5.82. The fourth-order valence-corrected chi connectivity index (χ4v) is 2.02. The molecule has 0 amide bonds. The molecule has 1 aromatic carbocycles. The van der Waals surface area contributed by atoms with Gasteiger partial charge in [0.1, 0.15) is 4.60 Å². The Kier molecular flexibility index (Phi) is 4.15. The van der Waals surface area contributed by atoms with Crippen LogP contribution in [0, 0.1) is 0 Å². The topological polar surface area (TPSA) is 24.9 Å². The summed E-state index contributed by atoms with van der Waals surface area (Å²) in [6.45, 7) is 2.90. The predicted molar refractivity (Wildman–Crippen MR) is 75.1 cm³/mol. The highest BCUT2D eigenvalue weighted by Crippen LogP contribution is 2.13. The van der Waals surface area contributed by atoms with Crippen LogP contribution in [0.2, 0.25) is 0 Å². The van der Waals surface area contributed by atoms with Gasteiger partial charge in [-0.15, -0.1) is 0 Å². The lowest BCUT2D eigenvalue weighted by atomic mass is 10.1. The Morgan fingerprint density at radius 1 is 1.18 bits per heavy atom. The zero-order chi connectivity index (χ0) is 12.1. The van der Waals surface area contributed by atoms with Gasteiger partial charge in [0.15, 0.2) is 0 Å². The smallest absolute Gasteiger partial charge is 0.106 e. The van der Waals surface area contributed by atoms with Crippen LogP contribution in [0.5, 0.6) is 0 Å². The number of hydrogen-bond acceptors (Lipinski definition) is 2. The molecule has 0 saturated heterocycles. The van der Waals surface area contributed by atoms with Gasteiger partial charge in [-0.3, -0.25) is 0 Å². The van der Waals surface area contributed by atoms with Crippen molar-refractivity contribution in [1.29, 1.82) is 0 Å². The third-order valence-electron chi connectivity index (χ3n) is 2.58. The van der Waals surface area contributed by atoms with Gasteiger partial charge < -0.3 is 5.32 Å². The first-order chi connectivity index (χ1) is 8.28. The second-order valence-corrected chi connectivity index (χ2v) is 4.67. The Bertz CT molecular complexity index is 497. The highest BCUT2D eigenvalue weighted by Gasteiger charge is 1.97. The van der Waals surface area contributed by atoms with E-state index in [9.17, 15) is 0 Å². The van der Waals surface area contributed by atoms with Crippen molar-refractivity contribution in [2.45, 2.75) is 19.9 Å². The van der Waals surface area contributed by atoms with Gasteiger partial charge in [0.2, 0.25) is 0 Å². The number of nitrogens with one attached hydrogen (secondary N) is 1. The van der Waals surface area contributed by atoms with E-state index in [1.165, 1.54) is 5.56 Å². The largest absolute Gasteiger partial charge is 0.379 e. The van der Waals surface area contributed by atoms with Crippen LogP contribution in [-0.2, 0) is 13.0 Å². The monoisotopic (exact) mass is 290 g/mol. The molecule has 88 valence electrons. The number of aryl methyl sites for hydroxylation is 1. The molecule has 2 rings (SSSR count). The summed E-state index contributed by atoms with van der Waals surface area (Å²) in [6, 6.07) is 14.4. The van der Waals surface area contributed by atoms with Crippen molar-refractivity contribution in [1.82, 2.24) is 4.98 Å². The predicted octanol–water partition coefficient (Wildman–Crippen LogP) is 4.02. The van der Waals surface area contributed by atoms with Crippen LogP contribution in [0.25, 0.3) is 0 Å². The van der Waals surface area contributed by atoms with Crippen LogP contribution in [0.4, 0.5) is 5.69 Å². The van der Waals surface area contributed by atoms with Crippen molar-refractivity contribution in [2.75, 3.05) is 5.32 Å². The van der Waals surface area contributed by atoms with Gasteiger partial charge in [-0.1, -0.05) is 25.1 Å². The first-order valence-corrected chi connectivity index (χ1v) is 6.51. The number of aromatic nitrogens is 1. The first kappa shape index (κ1) is 12.1. The zero-order valence-corrected chi connectivity index (χ0v) is 11.4. The van der Waals surface area contributed by atoms with Crippen molar-refractivity contribution in [3.8, 4) is 0 Å². The summed E-state index contributed by atoms with van der Waals surface area (Å²) >= 11 is 3.37. The molecule has 0 aliphatic heterocycles.